The second kappa shape index (κ2) is 9.37. The van der Waals surface area contributed by atoms with E-state index in [1.54, 1.807) is 0 Å². The lowest BCUT2D eigenvalue weighted by Gasteiger charge is -2.30. The molecule has 1 heterocycles. The second-order valence-electron chi connectivity index (χ2n) is 7.17. The highest BCUT2D eigenvalue weighted by molar-refractivity contribution is 7.88. The number of piperidine rings is 1. The Kier molecular flexibility index (Phi) is 7.46. The first-order valence-electron chi connectivity index (χ1n) is 9.24. The van der Waals surface area contributed by atoms with Gasteiger partial charge in [-0.1, -0.05) is 12.1 Å². The number of hydrogen-bond acceptors (Lipinski definition) is 4. The van der Waals surface area contributed by atoms with Gasteiger partial charge in [0.05, 0.1) is 18.3 Å². The molecule has 0 bridgehead atoms. The second-order valence-corrected chi connectivity index (χ2v) is 9.15. The Bertz CT molecular complexity index is 703. The summed E-state index contributed by atoms with van der Waals surface area (Å²) >= 11 is 0. The molecular formula is C19H30N2O4S. The zero-order valence-corrected chi connectivity index (χ0v) is 16.7. The van der Waals surface area contributed by atoms with E-state index in [9.17, 15) is 13.2 Å². The van der Waals surface area contributed by atoms with Crippen molar-refractivity contribution in [3.63, 3.8) is 0 Å². The first-order valence-corrected chi connectivity index (χ1v) is 11.1. The molecule has 1 atom stereocenters. The van der Waals surface area contributed by atoms with Gasteiger partial charge in [0.25, 0.3) is 0 Å². The molecule has 0 aliphatic carbocycles. The van der Waals surface area contributed by atoms with Crippen LogP contribution in [0.2, 0.25) is 0 Å². The van der Waals surface area contributed by atoms with Crippen molar-refractivity contribution in [3.8, 4) is 5.75 Å². The highest BCUT2D eigenvalue weighted by atomic mass is 32.2. The fourth-order valence-electron chi connectivity index (χ4n) is 3.15. The summed E-state index contributed by atoms with van der Waals surface area (Å²) in [5.74, 6) is 0.570. The van der Waals surface area contributed by atoms with Gasteiger partial charge in [-0.3, -0.25) is 4.79 Å². The minimum Gasteiger partial charge on any atom is -0.491 e. The van der Waals surface area contributed by atoms with E-state index in [0.717, 1.165) is 31.4 Å². The molecule has 0 radical (unpaired) electrons. The molecule has 2 rings (SSSR count). The Morgan fingerprint density at radius 1 is 1.38 bits per heavy atom. The average Bonchev–Trinajstić information content (AvgIpc) is 2.57. The van der Waals surface area contributed by atoms with E-state index in [-0.39, 0.29) is 17.9 Å². The molecule has 0 saturated carbocycles. The van der Waals surface area contributed by atoms with Gasteiger partial charge in [-0.05, 0) is 57.2 Å². The number of benzene rings is 1. The molecule has 0 aromatic heterocycles. The van der Waals surface area contributed by atoms with E-state index in [1.165, 1.54) is 16.1 Å². The number of amides is 1. The van der Waals surface area contributed by atoms with Crippen LogP contribution >= 0.6 is 0 Å². The Labute approximate surface area is 157 Å². The lowest BCUT2D eigenvalue weighted by atomic mass is 9.99. The molecule has 6 nitrogen and oxygen atoms in total. The predicted molar refractivity (Wildman–Crippen MR) is 103 cm³/mol. The number of carbonyl (C=O) groups is 1. The van der Waals surface area contributed by atoms with Gasteiger partial charge in [-0.25, -0.2) is 12.7 Å². The lowest BCUT2D eigenvalue weighted by Crippen LogP contribution is -2.45. The Hall–Kier alpha value is -1.60. The van der Waals surface area contributed by atoms with Crippen LogP contribution < -0.4 is 10.1 Å². The molecule has 1 aliphatic heterocycles. The van der Waals surface area contributed by atoms with E-state index in [4.69, 9.17) is 4.74 Å². The summed E-state index contributed by atoms with van der Waals surface area (Å²) in [6.45, 7) is 5.39. The summed E-state index contributed by atoms with van der Waals surface area (Å²) < 4.78 is 30.4. The summed E-state index contributed by atoms with van der Waals surface area (Å²) in [7, 11) is -3.22. The Balaban J connectivity index is 1.75. The van der Waals surface area contributed by atoms with Crippen LogP contribution in [-0.4, -0.2) is 50.6 Å². The summed E-state index contributed by atoms with van der Waals surface area (Å²) in [6.07, 6.45) is 4.51. The van der Waals surface area contributed by atoms with Gasteiger partial charge in [0.1, 0.15) is 5.75 Å². The van der Waals surface area contributed by atoms with Gasteiger partial charge in [-0.2, -0.15) is 0 Å². The van der Waals surface area contributed by atoms with Gasteiger partial charge in [-0.15, -0.1) is 0 Å². The molecule has 1 aliphatic rings. The van der Waals surface area contributed by atoms with Crippen LogP contribution in [0.4, 0.5) is 0 Å². The van der Waals surface area contributed by atoms with Gasteiger partial charge < -0.3 is 10.1 Å². The molecule has 1 saturated heterocycles. The molecule has 1 fully saturated rings. The fourth-order valence-corrected chi connectivity index (χ4v) is 4.06. The van der Waals surface area contributed by atoms with Gasteiger partial charge in [0.15, 0.2) is 0 Å². The van der Waals surface area contributed by atoms with Crippen molar-refractivity contribution in [3.05, 3.63) is 29.8 Å². The van der Waals surface area contributed by atoms with Crippen molar-refractivity contribution in [1.29, 1.82) is 0 Å². The van der Waals surface area contributed by atoms with E-state index in [0.29, 0.717) is 19.6 Å². The van der Waals surface area contributed by atoms with Crippen LogP contribution in [0.25, 0.3) is 0 Å². The number of nitrogens with one attached hydrogen (secondary N) is 1. The van der Waals surface area contributed by atoms with Crippen molar-refractivity contribution < 1.29 is 17.9 Å². The zero-order chi connectivity index (χ0) is 19.2. The monoisotopic (exact) mass is 382 g/mol. The topological polar surface area (TPSA) is 75.7 Å². The van der Waals surface area contributed by atoms with Gasteiger partial charge >= 0.3 is 0 Å². The average molecular weight is 383 g/mol. The van der Waals surface area contributed by atoms with E-state index in [1.807, 2.05) is 32.0 Å². The SMILES string of the molecule is CC(C)Oc1cccc(CCCNC(=O)[C@@H]2CCCN(S(C)(=O)=O)C2)c1. The molecular weight excluding hydrogens is 352 g/mol. The number of nitrogens with zero attached hydrogens (tertiary/aromatic N) is 1. The fraction of sp³-hybridized carbons (Fsp3) is 0.632. The molecule has 0 unspecified atom stereocenters. The summed E-state index contributed by atoms with van der Waals surface area (Å²) in [5.41, 5.74) is 1.18. The third-order valence-corrected chi connectivity index (χ3v) is 5.71. The van der Waals surface area contributed by atoms with E-state index < -0.39 is 10.0 Å². The third kappa shape index (κ3) is 6.61. The van der Waals surface area contributed by atoms with E-state index in [2.05, 4.69) is 11.4 Å². The summed E-state index contributed by atoms with van der Waals surface area (Å²) in [4.78, 5) is 12.3. The van der Waals surface area contributed by atoms with Crippen molar-refractivity contribution >= 4 is 15.9 Å². The van der Waals surface area contributed by atoms with Gasteiger partial charge in [0, 0.05) is 19.6 Å². The molecule has 1 aromatic rings. The maximum atomic E-state index is 12.3. The van der Waals surface area contributed by atoms with Crippen molar-refractivity contribution in [1.82, 2.24) is 9.62 Å². The molecule has 0 spiro atoms. The minimum absolute atomic E-state index is 0.0461. The minimum atomic E-state index is -3.22. The van der Waals surface area contributed by atoms with Crippen molar-refractivity contribution in [2.45, 2.75) is 45.6 Å². The molecule has 7 heteroatoms. The molecule has 1 N–H and O–H groups in total. The number of rotatable bonds is 8. The maximum Gasteiger partial charge on any atom is 0.224 e. The standard InChI is InChI=1S/C19H30N2O4S/c1-15(2)25-18-10-4-7-16(13-18)8-5-11-20-19(22)17-9-6-12-21(14-17)26(3,23)24/h4,7,10,13,15,17H,5-6,8-9,11-12,14H2,1-3H3,(H,20,22)/t17-/m1/s1. The van der Waals surface area contributed by atoms with Crippen molar-refractivity contribution in [2.75, 3.05) is 25.9 Å². The number of ether oxygens (including phenoxy) is 1. The highest BCUT2D eigenvalue weighted by Crippen LogP contribution is 2.19. The van der Waals surface area contributed by atoms with Crippen LogP contribution in [-0.2, 0) is 21.2 Å². The molecule has 1 aromatic carbocycles. The van der Waals surface area contributed by atoms with Crippen LogP contribution in [0.15, 0.2) is 24.3 Å². The van der Waals surface area contributed by atoms with Gasteiger partial charge in [0.2, 0.25) is 15.9 Å². The van der Waals surface area contributed by atoms with E-state index >= 15 is 0 Å². The summed E-state index contributed by atoms with van der Waals surface area (Å²) in [5, 5.41) is 2.95. The first-order chi connectivity index (χ1) is 12.3. The number of hydrogen-bond donors (Lipinski definition) is 1. The van der Waals surface area contributed by atoms with Crippen LogP contribution in [0.1, 0.15) is 38.7 Å². The summed E-state index contributed by atoms with van der Waals surface area (Å²) in [6, 6.07) is 8.02. The smallest absolute Gasteiger partial charge is 0.224 e. The number of carbonyl (C=O) groups excluding carboxylic acids is 1. The number of aryl methyl sites for hydroxylation is 1. The largest absolute Gasteiger partial charge is 0.491 e. The molecule has 1 amide bonds. The van der Waals surface area contributed by atoms with Crippen molar-refractivity contribution in [2.24, 2.45) is 5.92 Å². The zero-order valence-electron chi connectivity index (χ0n) is 15.9. The maximum absolute atomic E-state index is 12.3. The van der Waals surface area contributed by atoms with Crippen LogP contribution in [0.5, 0.6) is 5.75 Å². The quantitative estimate of drug-likeness (QED) is 0.700. The number of sulfonamides is 1. The van der Waals surface area contributed by atoms with Crippen LogP contribution in [0, 0.1) is 5.92 Å². The lowest BCUT2D eigenvalue weighted by molar-refractivity contribution is -0.126. The molecule has 146 valence electrons. The first kappa shape index (κ1) is 20.7. The Morgan fingerprint density at radius 2 is 2.15 bits per heavy atom. The third-order valence-electron chi connectivity index (χ3n) is 4.44. The normalized spacial score (nSPS) is 18.7. The van der Waals surface area contributed by atoms with Crippen LogP contribution in [0.3, 0.4) is 0 Å². The Morgan fingerprint density at radius 3 is 2.85 bits per heavy atom. The molecule has 26 heavy (non-hydrogen) atoms. The highest BCUT2D eigenvalue weighted by Gasteiger charge is 2.29. The predicted octanol–water partition coefficient (Wildman–Crippen LogP) is 2.19.